The molecular weight excluding hydrogens is 1100 g/mol. The highest BCUT2D eigenvalue weighted by atomic mass is 16.7. The molecule has 502 valence electrons. The molecule has 2 atom stereocenters. The van der Waals surface area contributed by atoms with Gasteiger partial charge in [0.15, 0.2) is 12.4 Å². The zero-order valence-corrected chi connectivity index (χ0v) is 57.2. The maximum atomic E-state index is 12.9. The summed E-state index contributed by atoms with van der Waals surface area (Å²) in [6.45, 7) is 4.59. The number of aliphatic carboxylic acids is 1. The van der Waals surface area contributed by atoms with Crippen LogP contribution in [-0.4, -0.2) is 82.3 Å². The van der Waals surface area contributed by atoms with Crippen molar-refractivity contribution in [2.75, 3.05) is 47.5 Å². The van der Waals surface area contributed by atoms with E-state index in [1.54, 1.807) is 0 Å². The molecule has 0 aliphatic heterocycles. The molecule has 0 spiro atoms. The molecule has 2 unspecified atom stereocenters. The molecule has 0 aliphatic carbocycles. The molecule has 89 heavy (non-hydrogen) atoms. The topological polar surface area (TPSA) is 111 Å². The van der Waals surface area contributed by atoms with E-state index in [4.69, 9.17) is 18.9 Å². The maximum absolute atomic E-state index is 12.9. The molecule has 0 heterocycles. The minimum atomic E-state index is -1.64. The summed E-state index contributed by atoms with van der Waals surface area (Å²) in [6.07, 6.45) is 99.9. The van der Waals surface area contributed by atoms with Crippen LogP contribution in [0.4, 0.5) is 0 Å². The summed E-state index contributed by atoms with van der Waals surface area (Å²) in [4.78, 5) is 37.5. The second-order valence-corrected chi connectivity index (χ2v) is 24.1. The molecule has 0 saturated heterocycles. The van der Waals surface area contributed by atoms with E-state index in [0.717, 1.165) is 148 Å². The minimum Gasteiger partial charge on any atom is -0.545 e. The van der Waals surface area contributed by atoms with Crippen LogP contribution < -0.4 is 5.11 Å². The van der Waals surface area contributed by atoms with Crippen LogP contribution in [0.2, 0.25) is 0 Å². The first-order valence-electron chi connectivity index (χ1n) is 35.3. The van der Waals surface area contributed by atoms with Gasteiger partial charge in [0.05, 0.1) is 40.3 Å². The molecule has 9 nitrogen and oxygen atoms in total. The van der Waals surface area contributed by atoms with Gasteiger partial charge in [-0.05, 0) is 135 Å². The summed E-state index contributed by atoms with van der Waals surface area (Å²) in [5.74, 6) is -2.32. The highest BCUT2D eigenvalue weighted by Gasteiger charge is 2.22. The van der Waals surface area contributed by atoms with E-state index in [9.17, 15) is 19.5 Å². The molecule has 0 radical (unpaired) electrons. The van der Waals surface area contributed by atoms with Crippen molar-refractivity contribution in [3.63, 3.8) is 0 Å². The Morgan fingerprint density at radius 2 is 0.640 bits per heavy atom. The van der Waals surface area contributed by atoms with Crippen molar-refractivity contribution in [2.24, 2.45) is 0 Å². The number of esters is 2. The Morgan fingerprint density at radius 3 is 0.955 bits per heavy atom. The van der Waals surface area contributed by atoms with Crippen molar-refractivity contribution in [3.05, 3.63) is 170 Å². The molecule has 0 N–H and O–H groups in total. The van der Waals surface area contributed by atoms with Gasteiger partial charge < -0.3 is 33.3 Å². The first kappa shape index (κ1) is 83.7. The highest BCUT2D eigenvalue weighted by molar-refractivity contribution is 5.70. The van der Waals surface area contributed by atoms with Crippen molar-refractivity contribution in [3.8, 4) is 0 Å². The first-order valence-corrected chi connectivity index (χ1v) is 35.3. The Kier molecular flexibility index (Phi) is 64.4. The van der Waals surface area contributed by atoms with Crippen LogP contribution in [0.3, 0.4) is 0 Å². The van der Waals surface area contributed by atoms with Gasteiger partial charge in [-0.3, -0.25) is 9.59 Å². The van der Waals surface area contributed by atoms with Crippen molar-refractivity contribution in [1.29, 1.82) is 0 Å². The number of unbranched alkanes of at least 4 members (excludes halogenated alkanes) is 20. The largest absolute Gasteiger partial charge is 0.545 e. The summed E-state index contributed by atoms with van der Waals surface area (Å²) in [5, 5.41) is 11.8. The lowest BCUT2D eigenvalue weighted by atomic mass is 10.1. The van der Waals surface area contributed by atoms with E-state index in [1.807, 2.05) is 21.1 Å². The molecule has 0 aromatic carbocycles. The van der Waals surface area contributed by atoms with E-state index in [-0.39, 0.29) is 38.6 Å². The van der Waals surface area contributed by atoms with Crippen molar-refractivity contribution >= 4 is 17.9 Å². The van der Waals surface area contributed by atoms with Gasteiger partial charge in [0.2, 0.25) is 0 Å². The van der Waals surface area contributed by atoms with Crippen LogP contribution in [0, 0.1) is 0 Å². The lowest BCUT2D eigenvalue weighted by molar-refractivity contribution is -0.870. The van der Waals surface area contributed by atoms with Gasteiger partial charge in [0.1, 0.15) is 13.2 Å². The van der Waals surface area contributed by atoms with Crippen LogP contribution in [0.25, 0.3) is 0 Å². The fourth-order valence-corrected chi connectivity index (χ4v) is 9.08. The summed E-state index contributed by atoms with van der Waals surface area (Å²) in [6, 6.07) is 0. The Bertz CT molecular complexity index is 2070. The van der Waals surface area contributed by atoms with Gasteiger partial charge in [0, 0.05) is 12.8 Å². The van der Waals surface area contributed by atoms with Crippen LogP contribution in [0.5, 0.6) is 0 Å². The van der Waals surface area contributed by atoms with Crippen LogP contribution in [-0.2, 0) is 33.3 Å². The van der Waals surface area contributed by atoms with Crippen molar-refractivity contribution in [1.82, 2.24) is 0 Å². The van der Waals surface area contributed by atoms with E-state index >= 15 is 0 Å². The third-order valence-electron chi connectivity index (χ3n) is 14.4. The number of nitrogens with zero attached hydrogens (tertiary/aromatic N) is 1. The van der Waals surface area contributed by atoms with Gasteiger partial charge in [-0.15, -0.1) is 0 Å². The predicted molar refractivity (Wildman–Crippen MR) is 379 cm³/mol. The minimum absolute atomic E-state index is 0.135. The van der Waals surface area contributed by atoms with E-state index in [1.165, 1.54) is 77.0 Å². The quantitative estimate of drug-likeness (QED) is 0.0195. The fraction of sp³-hybridized carbons (Fsp3) is 0.613. The highest BCUT2D eigenvalue weighted by Crippen LogP contribution is 2.15. The van der Waals surface area contributed by atoms with Gasteiger partial charge >= 0.3 is 11.9 Å². The third-order valence-corrected chi connectivity index (χ3v) is 14.4. The van der Waals surface area contributed by atoms with Crippen LogP contribution in [0.15, 0.2) is 170 Å². The SMILES string of the molecule is CC/C=C\C/C=C\C/C=C\C/C=C\C/C=C\C/C=C\C/C=C\C/C=C\C/C=C\C/C=C\C/C=C\CCCCCCCCCC(=O)OC(COC(=O)CCCCCCCCCC/C=C\C/C=C\C/C=C\CCCCCCC)COC(OCC[N+](C)(C)C)C(=O)[O-]. The Labute approximate surface area is 546 Å². The molecule has 9 heteroatoms. The van der Waals surface area contributed by atoms with E-state index < -0.39 is 24.3 Å². The number of carbonyl (C=O) groups excluding carboxylic acids is 3. The van der Waals surface area contributed by atoms with E-state index in [2.05, 4.69) is 184 Å². The fourth-order valence-electron chi connectivity index (χ4n) is 9.08. The second kappa shape index (κ2) is 68.6. The summed E-state index contributed by atoms with van der Waals surface area (Å²) in [5.41, 5.74) is 0. The average Bonchev–Trinajstić information content (AvgIpc) is 3.64. The third kappa shape index (κ3) is 70.0. The number of rotatable bonds is 63. The number of carboxylic acid groups (broad SMARTS) is 1. The number of ether oxygens (including phenoxy) is 4. The summed E-state index contributed by atoms with van der Waals surface area (Å²) >= 11 is 0. The van der Waals surface area contributed by atoms with Crippen LogP contribution >= 0.6 is 0 Å². The van der Waals surface area contributed by atoms with Crippen LogP contribution in [0.1, 0.15) is 258 Å². The maximum Gasteiger partial charge on any atom is 0.306 e. The summed E-state index contributed by atoms with van der Waals surface area (Å²) < 4.78 is 22.8. The standard InChI is InChI=1S/C80H129NO8/c1-6-8-10-12-14-16-18-20-22-24-26-28-30-31-32-33-34-35-36-37-38-39-40-41-42-43-44-45-46-47-49-51-53-55-57-59-61-63-65-67-69-71-78(83)89-76(75-88-80(79(84)85)86-73-72-81(3,4)5)74-87-77(82)70-68-66-64-62-60-58-56-54-52-50-48-29-27-25-23-21-19-17-15-13-11-9-7-2/h8,10,14,16,19-22,25-28,31-32,34-35,37-38,40-41,43-44,46-48,50-51,53,76,80H,6-7,9,11-13,15,17-18,23-24,29-30,33,36,39,42,45,49,52,54-75H2,1-5H3/b10-8-,16-14-,21-19-,22-20-,27-25-,28-26-,32-31-,35-34-,38-37-,41-40-,44-43-,47-46-,50-48-,53-51-. The Hall–Kier alpha value is -5.35. The Morgan fingerprint density at radius 1 is 0.348 bits per heavy atom. The van der Waals surface area contributed by atoms with Gasteiger partial charge in [-0.25, -0.2) is 0 Å². The number of carboxylic acids is 1. The molecule has 0 fully saturated rings. The number of carbonyl (C=O) groups is 3. The molecule has 0 saturated carbocycles. The van der Waals surface area contributed by atoms with E-state index in [0.29, 0.717) is 17.4 Å². The predicted octanol–water partition coefficient (Wildman–Crippen LogP) is 20.9. The molecule has 0 aromatic heterocycles. The van der Waals surface area contributed by atoms with Gasteiger partial charge in [0.25, 0.3) is 0 Å². The lowest BCUT2D eigenvalue weighted by Crippen LogP contribution is -2.44. The number of quaternary nitrogens is 1. The zero-order valence-electron chi connectivity index (χ0n) is 57.2. The monoisotopic (exact) mass is 1230 g/mol. The molecule has 0 rings (SSSR count). The van der Waals surface area contributed by atoms with Gasteiger partial charge in [-0.2, -0.15) is 0 Å². The first-order chi connectivity index (χ1) is 43.6. The molecule has 0 amide bonds. The molecular formula is C80H129NO8. The smallest absolute Gasteiger partial charge is 0.306 e. The Balaban J connectivity index is 4.22. The van der Waals surface area contributed by atoms with Crippen molar-refractivity contribution < 1.29 is 42.9 Å². The number of allylic oxidation sites excluding steroid dienone is 28. The number of hydrogen-bond donors (Lipinski definition) is 0. The molecule has 0 bridgehead atoms. The average molecular weight is 1230 g/mol. The zero-order chi connectivity index (χ0) is 64.7. The van der Waals surface area contributed by atoms with Crippen molar-refractivity contribution in [2.45, 2.75) is 270 Å². The normalized spacial score (nSPS) is 13.8. The lowest BCUT2D eigenvalue weighted by Gasteiger charge is -2.26. The van der Waals surface area contributed by atoms with Gasteiger partial charge in [-0.1, -0.05) is 280 Å². The second-order valence-electron chi connectivity index (χ2n) is 24.1. The molecule has 0 aromatic rings. The number of likely N-dealkylation sites (N-methyl/N-ethyl adjacent to an activating group) is 1. The molecule has 0 aliphatic rings. The number of hydrogen-bond acceptors (Lipinski definition) is 8. The summed E-state index contributed by atoms with van der Waals surface area (Å²) in [7, 11) is 5.91.